The van der Waals surface area contributed by atoms with Gasteiger partial charge in [-0.3, -0.25) is 9.59 Å². The number of ketones is 1. The Morgan fingerprint density at radius 2 is 1.62 bits per heavy atom. The van der Waals surface area contributed by atoms with Gasteiger partial charge in [-0.1, -0.05) is 53.5 Å². The minimum absolute atomic E-state index is 0.301. The summed E-state index contributed by atoms with van der Waals surface area (Å²) in [7, 11) is 0. The highest BCUT2D eigenvalue weighted by Crippen LogP contribution is 2.25. The van der Waals surface area contributed by atoms with E-state index in [2.05, 4.69) is 5.32 Å². The fourth-order valence-electron chi connectivity index (χ4n) is 1.65. The van der Waals surface area contributed by atoms with Gasteiger partial charge in [-0.2, -0.15) is 0 Å². The second-order valence-electron chi connectivity index (χ2n) is 4.21. The van der Waals surface area contributed by atoms with Crippen molar-refractivity contribution in [2.75, 3.05) is 5.32 Å². The molecule has 0 aromatic heterocycles. The minimum Gasteiger partial charge on any atom is -0.324 e. The summed E-state index contributed by atoms with van der Waals surface area (Å²) < 4.78 is 0. The minimum atomic E-state index is -1.32. The van der Waals surface area contributed by atoms with E-state index in [1.807, 2.05) is 0 Å². The van der Waals surface area contributed by atoms with E-state index >= 15 is 0 Å². The van der Waals surface area contributed by atoms with Crippen molar-refractivity contribution < 1.29 is 9.59 Å². The number of halogens is 3. The number of rotatable bonds is 4. The molecule has 1 atom stereocenters. The van der Waals surface area contributed by atoms with E-state index in [9.17, 15) is 9.59 Å². The van der Waals surface area contributed by atoms with Crippen molar-refractivity contribution in [2.45, 2.75) is 5.38 Å². The Morgan fingerprint density at radius 1 is 0.952 bits per heavy atom. The maximum absolute atomic E-state index is 12.1. The van der Waals surface area contributed by atoms with Gasteiger partial charge < -0.3 is 5.32 Å². The van der Waals surface area contributed by atoms with E-state index in [0.717, 1.165) is 0 Å². The van der Waals surface area contributed by atoms with Gasteiger partial charge >= 0.3 is 0 Å². The van der Waals surface area contributed by atoms with E-state index < -0.39 is 17.1 Å². The Balaban J connectivity index is 2.09. The molecule has 0 bridgehead atoms. The van der Waals surface area contributed by atoms with Crippen molar-refractivity contribution in [3.63, 3.8) is 0 Å². The van der Waals surface area contributed by atoms with Crippen molar-refractivity contribution >= 4 is 52.2 Å². The molecule has 2 aromatic rings. The lowest BCUT2D eigenvalue weighted by molar-refractivity contribution is -0.115. The topological polar surface area (TPSA) is 46.2 Å². The number of amides is 1. The maximum Gasteiger partial charge on any atom is 0.250 e. The van der Waals surface area contributed by atoms with Crippen LogP contribution in [0.2, 0.25) is 10.0 Å². The average Bonchev–Trinajstić information content (AvgIpc) is 2.50. The van der Waals surface area contributed by atoms with Gasteiger partial charge in [0.1, 0.15) is 0 Å². The standard InChI is InChI=1S/C15H10Cl3NO2/c16-11-7-6-10(8-12(11)17)19-15(21)13(18)14(20)9-4-2-1-3-5-9/h1-8,13H,(H,19,21). The van der Waals surface area contributed by atoms with E-state index in [-0.39, 0.29) is 0 Å². The summed E-state index contributed by atoms with van der Waals surface area (Å²) >= 11 is 17.6. The predicted molar refractivity (Wildman–Crippen MR) is 85.5 cm³/mol. The summed E-state index contributed by atoms with van der Waals surface area (Å²) in [5.41, 5.74) is 0.794. The van der Waals surface area contributed by atoms with Crippen LogP contribution in [0.1, 0.15) is 10.4 Å². The SMILES string of the molecule is O=C(Nc1ccc(Cl)c(Cl)c1)C(Cl)C(=O)c1ccccc1. The third kappa shape index (κ3) is 3.97. The predicted octanol–water partition coefficient (Wildman–Crippen LogP) is 4.42. The molecule has 0 saturated carbocycles. The average molecular weight is 343 g/mol. The molecule has 0 heterocycles. The monoisotopic (exact) mass is 341 g/mol. The molecule has 1 amide bonds. The van der Waals surface area contributed by atoms with Crippen LogP contribution in [-0.4, -0.2) is 17.1 Å². The highest BCUT2D eigenvalue weighted by Gasteiger charge is 2.25. The van der Waals surface area contributed by atoms with E-state index in [0.29, 0.717) is 21.3 Å². The molecule has 0 aliphatic heterocycles. The molecule has 3 nitrogen and oxygen atoms in total. The summed E-state index contributed by atoms with van der Waals surface area (Å²) in [6.07, 6.45) is 0. The molecule has 21 heavy (non-hydrogen) atoms. The summed E-state index contributed by atoms with van der Waals surface area (Å²) in [4.78, 5) is 24.0. The third-order valence-corrected chi connectivity index (χ3v) is 3.84. The van der Waals surface area contributed by atoms with Crippen LogP contribution in [0.4, 0.5) is 5.69 Å². The Kier molecular flexibility index (Phi) is 5.23. The molecular weight excluding hydrogens is 333 g/mol. The molecule has 0 radical (unpaired) electrons. The first-order valence-corrected chi connectivity index (χ1v) is 7.17. The van der Waals surface area contributed by atoms with Crippen LogP contribution in [0, 0.1) is 0 Å². The zero-order chi connectivity index (χ0) is 15.4. The number of benzene rings is 2. The molecule has 6 heteroatoms. The smallest absolute Gasteiger partial charge is 0.250 e. The maximum atomic E-state index is 12.1. The number of hydrogen-bond acceptors (Lipinski definition) is 2. The molecule has 2 rings (SSSR count). The van der Waals surface area contributed by atoms with Gasteiger partial charge in [0.25, 0.3) is 0 Å². The number of carbonyl (C=O) groups is 2. The quantitative estimate of drug-likeness (QED) is 0.508. The molecule has 1 N–H and O–H groups in total. The van der Waals surface area contributed by atoms with Gasteiger partial charge in [0, 0.05) is 11.3 Å². The molecule has 0 fully saturated rings. The van der Waals surface area contributed by atoms with Crippen LogP contribution < -0.4 is 5.32 Å². The lowest BCUT2D eigenvalue weighted by atomic mass is 10.1. The number of carbonyl (C=O) groups excluding carboxylic acids is 2. The lowest BCUT2D eigenvalue weighted by Gasteiger charge is -2.10. The fraction of sp³-hybridized carbons (Fsp3) is 0.0667. The first-order valence-electron chi connectivity index (χ1n) is 5.98. The number of nitrogens with one attached hydrogen (secondary N) is 1. The van der Waals surface area contributed by atoms with Crippen molar-refractivity contribution in [3.05, 3.63) is 64.1 Å². The normalized spacial score (nSPS) is 11.8. The zero-order valence-electron chi connectivity index (χ0n) is 10.6. The Bertz CT molecular complexity index is 674. The van der Waals surface area contributed by atoms with Crippen LogP contribution in [0.25, 0.3) is 0 Å². The Morgan fingerprint density at radius 3 is 2.24 bits per heavy atom. The molecule has 0 aliphatic carbocycles. The van der Waals surface area contributed by atoms with Gasteiger partial charge in [-0.25, -0.2) is 0 Å². The Labute approximate surface area is 136 Å². The highest BCUT2D eigenvalue weighted by atomic mass is 35.5. The second-order valence-corrected chi connectivity index (χ2v) is 5.46. The van der Waals surface area contributed by atoms with Crippen molar-refractivity contribution in [3.8, 4) is 0 Å². The van der Waals surface area contributed by atoms with E-state index in [4.69, 9.17) is 34.8 Å². The van der Waals surface area contributed by atoms with Crippen LogP contribution in [0.3, 0.4) is 0 Å². The van der Waals surface area contributed by atoms with Gasteiger partial charge in [0.2, 0.25) is 5.91 Å². The highest BCUT2D eigenvalue weighted by molar-refractivity contribution is 6.45. The molecule has 108 valence electrons. The lowest BCUT2D eigenvalue weighted by Crippen LogP contribution is -2.30. The fourth-order valence-corrected chi connectivity index (χ4v) is 2.13. The van der Waals surface area contributed by atoms with Crippen molar-refractivity contribution in [1.82, 2.24) is 0 Å². The largest absolute Gasteiger partial charge is 0.324 e. The van der Waals surface area contributed by atoms with Crippen LogP contribution in [0.5, 0.6) is 0 Å². The number of Topliss-reactive ketones (excluding diaryl/α,β-unsaturated/α-hetero) is 1. The van der Waals surface area contributed by atoms with E-state index in [1.165, 1.54) is 6.07 Å². The zero-order valence-corrected chi connectivity index (χ0v) is 12.9. The van der Waals surface area contributed by atoms with Crippen LogP contribution >= 0.6 is 34.8 Å². The van der Waals surface area contributed by atoms with Gasteiger partial charge in [0.15, 0.2) is 11.2 Å². The van der Waals surface area contributed by atoms with Gasteiger partial charge in [-0.15, -0.1) is 11.6 Å². The second kappa shape index (κ2) is 6.94. The molecule has 1 unspecified atom stereocenters. The number of anilines is 1. The van der Waals surface area contributed by atoms with Crippen LogP contribution in [0.15, 0.2) is 48.5 Å². The third-order valence-electron chi connectivity index (χ3n) is 2.71. The molecule has 2 aromatic carbocycles. The molecular formula is C15H10Cl3NO2. The summed E-state index contributed by atoms with van der Waals surface area (Å²) in [6.45, 7) is 0. The summed E-state index contributed by atoms with van der Waals surface area (Å²) in [5, 5.41) is 1.88. The summed E-state index contributed by atoms with van der Waals surface area (Å²) in [5.74, 6) is -1.08. The molecule has 0 spiro atoms. The first kappa shape index (κ1) is 15.8. The van der Waals surface area contributed by atoms with E-state index in [1.54, 1.807) is 42.5 Å². The summed E-state index contributed by atoms with van der Waals surface area (Å²) in [6, 6.07) is 13.0. The Hall–Kier alpha value is -1.55. The first-order chi connectivity index (χ1) is 9.99. The van der Waals surface area contributed by atoms with Gasteiger partial charge in [0.05, 0.1) is 10.0 Å². The number of hydrogen-bond donors (Lipinski definition) is 1. The van der Waals surface area contributed by atoms with Crippen molar-refractivity contribution in [1.29, 1.82) is 0 Å². The molecule has 0 saturated heterocycles. The van der Waals surface area contributed by atoms with Crippen molar-refractivity contribution in [2.24, 2.45) is 0 Å². The van der Waals surface area contributed by atoms with Gasteiger partial charge in [-0.05, 0) is 18.2 Å². The molecule has 0 aliphatic rings. The van der Waals surface area contributed by atoms with Crippen LogP contribution in [-0.2, 0) is 4.79 Å². The number of alkyl halides is 1.